The fourth-order valence-electron chi connectivity index (χ4n) is 5.19. The van der Waals surface area contributed by atoms with Gasteiger partial charge in [-0.1, -0.05) is 42.5 Å². The zero-order chi connectivity index (χ0) is 33.0. The summed E-state index contributed by atoms with van der Waals surface area (Å²) in [5.41, 5.74) is -4.23. The molecule has 4 aromatic rings. The van der Waals surface area contributed by atoms with E-state index >= 15 is 8.78 Å². The van der Waals surface area contributed by atoms with Crippen molar-refractivity contribution in [1.82, 2.24) is 14.5 Å². The molecule has 46 heavy (non-hydrogen) atoms. The molecule has 0 radical (unpaired) electrons. The van der Waals surface area contributed by atoms with Gasteiger partial charge in [0, 0.05) is 23.2 Å². The van der Waals surface area contributed by atoms with E-state index in [1.807, 2.05) is 0 Å². The van der Waals surface area contributed by atoms with E-state index in [4.69, 9.17) is 9.84 Å². The minimum absolute atomic E-state index is 0. The first kappa shape index (κ1) is 36.7. The van der Waals surface area contributed by atoms with Crippen molar-refractivity contribution in [1.29, 1.82) is 0 Å². The van der Waals surface area contributed by atoms with Crippen molar-refractivity contribution in [3.8, 4) is 16.9 Å². The van der Waals surface area contributed by atoms with Crippen LogP contribution in [0.5, 0.6) is 5.75 Å². The van der Waals surface area contributed by atoms with Crippen molar-refractivity contribution >= 4 is 5.97 Å². The van der Waals surface area contributed by atoms with Crippen LogP contribution >= 0.6 is 0 Å². The first-order valence-corrected chi connectivity index (χ1v) is 13.9. The Balaban J connectivity index is 0.00000384. The number of nitrogens with one attached hydrogen (secondary N) is 1. The van der Waals surface area contributed by atoms with E-state index < -0.39 is 76.2 Å². The number of alkyl halides is 1. The van der Waals surface area contributed by atoms with Crippen LogP contribution in [0, 0.1) is 37.1 Å². The Hall–Kier alpha value is -3.78. The number of methoxy groups -OCH3 is 1. The maximum Gasteiger partial charge on any atom is 1.00 e. The fraction of sp³-hybridized carbons (Fsp3) is 0.281. The van der Waals surface area contributed by atoms with Gasteiger partial charge in [0.1, 0.15) is 0 Å². The Morgan fingerprint density at radius 1 is 1.00 bits per heavy atom. The van der Waals surface area contributed by atoms with Gasteiger partial charge in [-0.2, -0.15) is 0 Å². The predicted octanol–water partition coefficient (Wildman–Crippen LogP) is 2.69. The number of halogens is 5. The van der Waals surface area contributed by atoms with E-state index in [0.717, 1.165) is 13.8 Å². The normalized spacial score (nSPS) is 12.3. The van der Waals surface area contributed by atoms with E-state index in [2.05, 4.69) is 5.32 Å². The predicted molar refractivity (Wildman–Crippen MR) is 157 cm³/mol. The number of nitrogens with zero attached hydrogens (tertiary/aromatic N) is 2. The molecule has 0 bridgehead atoms. The molecule has 0 amide bonds. The second kappa shape index (κ2) is 15.7. The zero-order valence-corrected chi connectivity index (χ0v) is 27.5. The molecule has 0 aliphatic rings. The molecule has 2 N–H and O–H groups in total. The SMILES string of the molecule is COc1cccc(-c2c(C)n(C(F)c3c(C)cc(F)c(F)c3F)c(=O)n(C[C@H](NCCCC(=O)O)c3ccccc3)c2=O)c1F.[H-].[Na+]. The Kier molecular flexibility index (Phi) is 12.5. The Morgan fingerprint density at radius 2 is 1.67 bits per heavy atom. The fourth-order valence-corrected chi connectivity index (χ4v) is 5.19. The van der Waals surface area contributed by atoms with Gasteiger partial charge in [-0.15, -0.1) is 0 Å². The number of aliphatic carboxylic acids is 1. The van der Waals surface area contributed by atoms with Gasteiger partial charge in [-0.05, 0) is 50.1 Å². The number of carbonyl (C=O) groups is 1. The number of rotatable bonds is 12. The molecule has 4 rings (SSSR count). The van der Waals surface area contributed by atoms with E-state index in [-0.39, 0.29) is 67.2 Å². The number of hydrogen-bond acceptors (Lipinski definition) is 5. The van der Waals surface area contributed by atoms with Crippen molar-refractivity contribution in [2.24, 2.45) is 0 Å². The third kappa shape index (κ3) is 7.43. The Bertz CT molecular complexity index is 1860. The van der Waals surface area contributed by atoms with Gasteiger partial charge in [0.05, 0.1) is 25.3 Å². The summed E-state index contributed by atoms with van der Waals surface area (Å²) in [6, 6.07) is 12.1. The molecular formula is C32H31F5N3NaO5. The number of carboxylic acid groups (broad SMARTS) is 1. The van der Waals surface area contributed by atoms with Gasteiger partial charge < -0.3 is 16.6 Å². The molecule has 2 atom stereocenters. The average molecular weight is 656 g/mol. The maximum atomic E-state index is 16.4. The van der Waals surface area contributed by atoms with Gasteiger partial charge in [-0.3, -0.25) is 18.7 Å². The first-order chi connectivity index (χ1) is 21.4. The summed E-state index contributed by atoms with van der Waals surface area (Å²) in [5.74, 6) is -7.64. The molecule has 8 nitrogen and oxygen atoms in total. The third-order valence-corrected chi connectivity index (χ3v) is 7.47. The number of benzene rings is 3. The first-order valence-electron chi connectivity index (χ1n) is 13.9. The second-order valence-corrected chi connectivity index (χ2v) is 10.3. The van der Waals surface area contributed by atoms with Crippen molar-refractivity contribution in [2.45, 2.75) is 45.6 Å². The molecule has 1 unspecified atom stereocenters. The molecule has 0 saturated carbocycles. The number of hydrogen-bond donors (Lipinski definition) is 2. The maximum absolute atomic E-state index is 16.4. The average Bonchev–Trinajstić information content (AvgIpc) is 3.00. The number of carboxylic acids is 1. The summed E-state index contributed by atoms with van der Waals surface area (Å²) >= 11 is 0. The van der Waals surface area contributed by atoms with Gasteiger partial charge in [0.25, 0.3) is 5.56 Å². The Morgan fingerprint density at radius 3 is 2.30 bits per heavy atom. The molecule has 1 aromatic heterocycles. The second-order valence-electron chi connectivity index (χ2n) is 10.3. The molecule has 3 aromatic carbocycles. The molecule has 1 heterocycles. The van der Waals surface area contributed by atoms with Crippen LogP contribution in [0.3, 0.4) is 0 Å². The largest absolute Gasteiger partial charge is 1.00 e. The molecule has 0 aliphatic carbocycles. The van der Waals surface area contributed by atoms with Gasteiger partial charge in [0.2, 0.25) is 6.30 Å². The van der Waals surface area contributed by atoms with E-state index in [0.29, 0.717) is 20.8 Å². The molecule has 0 saturated heterocycles. The van der Waals surface area contributed by atoms with Crippen LogP contribution < -0.4 is 50.9 Å². The summed E-state index contributed by atoms with van der Waals surface area (Å²) in [4.78, 5) is 39.0. The molecular weight excluding hydrogens is 624 g/mol. The standard InChI is InChI=1S/C32H30F5N3O5.Na.H/c1-17-15-21(33)28(35)29(36)25(17)30(37)40-18(2)26(20-11-7-12-23(45-3)27(20)34)31(43)39(32(40)44)16-22(19-9-5-4-6-10-19)38-14-8-13-24(41)42;;/h4-7,9-12,15,22,30,38H,8,13-14,16H2,1-3H3,(H,41,42);;/q;+1;-1/t22-,30?;;/m0../s1. The quantitative estimate of drug-likeness (QED) is 0.105. The van der Waals surface area contributed by atoms with Crippen molar-refractivity contribution < 1.29 is 67.6 Å². The van der Waals surface area contributed by atoms with Crippen LogP contribution in [-0.2, 0) is 11.3 Å². The monoisotopic (exact) mass is 655 g/mol. The van der Waals surface area contributed by atoms with E-state index in [1.54, 1.807) is 30.3 Å². The third-order valence-electron chi connectivity index (χ3n) is 7.47. The van der Waals surface area contributed by atoms with Crippen LogP contribution in [0.4, 0.5) is 22.0 Å². The van der Waals surface area contributed by atoms with Gasteiger partial charge in [-0.25, -0.2) is 26.7 Å². The Labute approximate surface area is 284 Å². The molecule has 240 valence electrons. The minimum Gasteiger partial charge on any atom is -1.00 e. The van der Waals surface area contributed by atoms with E-state index in [9.17, 15) is 27.6 Å². The molecule has 0 aliphatic heterocycles. The summed E-state index contributed by atoms with van der Waals surface area (Å²) in [7, 11) is 1.20. The zero-order valence-electron chi connectivity index (χ0n) is 26.5. The van der Waals surface area contributed by atoms with Crippen molar-refractivity contribution in [3.05, 3.63) is 121 Å². The van der Waals surface area contributed by atoms with Gasteiger partial charge in [0.15, 0.2) is 29.0 Å². The van der Waals surface area contributed by atoms with Crippen molar-refractivity contribution in [3.63, 3.8) is 0 Å². The van der Waals surface area contributed by atoms with Crippen molar-refractivity contribution in [2.75, 3.05) is 13.7 Å². The number of aromatic nitrogens is 2. The summed E-state index contributed by atoms with van der Waals surface area (Å²) in [6.45, 7) is 1.99. The molecule has 14 heteroatoms. The summed E-state index contributed by atoms with van der Waals surface area (Å²) in [5, 5.41) is 12.1. The van der Waals surface area contributed by atoms with Crippen LogP contribution in [0.25, 0.3) is 11.1 Å². The van der Waals surface area contributed by atoms with Crippen LogP contribution in [0.1, 0.15) is 49.0 Å². The molecule has 0 fully saturated rings. The summed E-state index contributed by atoms with van der Waals surface area (Å²) < 4.78 is 81.2. The molecule has 0 spiro atoms. The van der Waals surface area contributed by atoms with E-state index in [1.165, 1.54) is 25.3 Å². The van der Waals surface area contributed by atoms with Gasteiger partial charge >= 0.3 is 41.2 Å². The van der Waals surface area contributed by atoms with Crippen LogP contribution in [-0.4, -0.2) is 33.9 Å². The smallest absolute Gasteiger partial charge is 1.00 e. The van der Waals surface area contributed by atoms with Crippen LogP contribution in [0.15, 0.2) is 64.2 Å². The number of ether oxygens (including phenoxy) is 1. The van der Waals surface area contributed by atoms with Crippen LogP contribution in [0.2, 0.25) is 0 Å². The topological polar surface area (TPSA) is 103 Å². The summed E-state index contributed by atoms with van der Waals surface area (Å²) in [6.07, 6.45) is -2.72. The number of aryl methyl sites for hydroxylation is 1. The minimum atomic E-state index is -2.76.